The Kier molecular flexibility index (Phi) is 42.7. The number of rotatable bonds is 49. The van der Waals surface area contributed by atoms with Crippen LogP contribution in [0, 0.1) is 11.8 Å². The number of alkyl halides is 2. The molecule has 2 aliphatic carbocycles. The zero-order valence-corrected chi connectivity index (χ0v) is 88.2. The van der Waals surface area contributed by atoms with Gasteiger partial charge in [-0.1, -0.05) is 158 Å². The third-order valence-corrected chi connectivity index (χ3v) is 46.4. The molecule has 2 aromatic carbocycles. The van der Waals surface area contributed by atoms with Crippen LogP contribution < -0.4 is 9.80 Å². The van der Waals surface area contributed by atoms with E-state index in [9.17, 15) is 9.59 Å². The summed E-state index contributed by atoms with van der Waals surface area (Å²) in [4.78, 5) is 49.1. The summed E-state index contributed by atoms with van der Waals surface area (Å²) < 4.78 is 88.3. The molecule has 10 rings (SSSR count). The van der Waals surface area contributed by atoms with Crippen LogP contribution in [0.15, 0.2) is 131 Å². The molecule has 2 saturated carbocycles. The predicted octanol–water partition coefficient (Wildman–Crippen LogP) is 25.8. The van der Waals surface area contributed by atoms with E-state index in [0.717, 1.165) is 109 Å². The second-order valence-electron chi connectivity index (χ2n) is 38.8. The zero-order chi connectivity index (χ0) is 91.8. The number of halogens is 3. The molecule has 0 bridgehead atoms. The molecule has 126 heavy (non-hydrogen) atoms. The molecule has 2 fully saturated rings. The summed E-state index contributed by atoms with van der Waals surface area (Å²) in [7, 11) is -5.31. The number of nitrogens with zero attached hydrogens (tertiary/aromatic N) is 10. The van der Waals surface area contributed by atoms with E-state index in [0.29, 0.717) is 115 Å². The second kappa shape index (κ2) is 51.3. The van der Waals surface area contributed by atoms with Gasteiger partial charge in [0.05, 0.1) is 65.0 Å². The fourth-order valence-electron chi connectivity index (χ4n) is 16.1. The monoisotopic (exact) mass is 1980 g/mol. The van der Waals surface area contributed by atoms with Crippen LogP contribution >= 0.6 is 15.9 Å². The van der Waals surface area contributed by atoms with E-state index in [4.69, 9.17) is 68.0 Å². The number of unbranched alkanes of at least 4 members (excludes halogenated alkanes) is 3. The largest absolute Gasteiger partial charge is 0.464 e. The first-order valence-corrected chi connectivity index (χ1v) is 69.8. The average Bonchev–Trinajstić information content (AvgIpc) is 1.55. The van der Waals surface area contributed by atoms with E-state index in [-0.39, 0.29) is 44.4 Å². The number of carbonyl (C=O) groups excluding carboxylic acids is 2. The molecule has 2 aliphatic rings. The van der Waals surface area contributed by atoms with Crippen molar-refractivity contribution in [2.24, 2.45) is 11.8 Å². The molecule has 0 aliphatic heterocycles. The summed E-state index contributed by atoms with van der Waals surface area (Å²) in [5.41, 5.74) is 11.1. The van der Waals surface area contributed by atoms with Gasteiger partial charge in [-0.2, -0.15) is 19.2 Å². The van der Waals surface area contributed by atoms with Gasteiger partial charge >= 0.3 is 132 Å². The van der Waals surface area contributed by atoms with Crippen molar-refractivity contribution >= 4 is 107 Å². The number of benzene rings is 2. The van der Waals surface area contributed by atoms with Crippen molar-refractivity contribution in [2.75, 3.05) is 89.6 Å². The Morgan fingerprint density at radius 3 is 1.15 bits per heavy atom. The predicted molar refractivity (Wildman–Crippen MR) is 531 cm³/mol. The molecule has 0 amide bonds. The smallest absolute Gasteiger partial charge is 0.341 e. The van der Waals surface area contributed by atoms with Gasteiger partial charge < -0.3 is 43.0 Å². The minimum Gasteiger partial charge on any atom is -0.464 e. The summed E-state index contributed by atoms with van der Waals surface area (Å²) in [6, 6.07) is 32.5. The van der Waals surface area contributed by atoms with Crippen LogP contribution in [0.5, 0.6) is 0 Å². The molecule has 0 N–H and O–H groups in total. The summed E-state index contributed by atoms with van der Waals surface area (Å²) in [5.74, 6) is -0.325. The molecule has 8 aromatic rings. The first-order chi connectivity index (χ1) is 60.1. The Balaban J connectivity index is 0.000000262. The number of pyridine rings is 2. The van der Waals surface area contributed by atoms with Crippen molar-refractivity contribution in [2.45, 2.75) is 279 Å². The van der Waals surface area contributed by atoms with Gasteiger partial charge in [0.1, 0.15) is 38.5 Å². The van der Waals surface area contributed by atoms with Gasteiger partial charge in [0.2, 0.25) is 0 Å². The van der Waals surface area contributed by atoms with E-state index < -0.39 is 80.9 Å². The first kappa shape index (κ1) is 105. The summed E-state index contributed by atoms with van der Waals surface area (Å²) >= 11 is 1.74. The topological polar surface area (TPSA) is 201 Å². The van der Waals surface area contributed by atoms with Gasteiger partial charge in [0.15, 0.2) is 29.5 Å². The molecule has 0 saturated heterocycles. The Hall–Kier alpha value is -6.55. The third kappa shape index (κ3) is 31.6. The Labute approximate surface area is 769 Å². The van der Waals surface area contributed by atoms with Crippen LogP contribution in [0.1, 0.15) is 167 Å². The molecule has 0 spiro atoms. The first-order valence-electron chi connectivity index (χ1n) is 46.7. The van der Waals surface area contributed by atoms with Crippen LogP contribution in [0.25, 0.3) is 61.8 Å². The second-order valence-corrected chi connectivity index (χ2v) is 75.3. The summed E-state index contributed by atoms with van der Waals surface area (Å²) in [5, 5.41) is 9.89. The number of carbonyl (C=O) groups is 2. The SMILES string of the molecule is C=C(OCC)c1c(C2CCC(C(F)C(=O)OCC)CC2)nc2c(-c3ccc(-c4ccccc4)nc3)cnn2c1N(COCC[Si](C)(C)C)COCC[Si](C)(C)C.C=[C](OCC)[Sn]([CH2]CCC)([CH2]CCC)[CH2]CCC.CCOC(=O)C(F)C1CCC(c2nc3c(-c4ccc(-c5ccccc5)nc4)cnn3c(N(COCC[Si](C)(C)C)COCC[Si](C)(C)C)c2Br)CC1. The minimum absolute atomic E-state index is 0.0487. The van der Waals surface area contributed by atoms with Crippen molar-refractivity contribution in [1.29, 1.82) is 0 Å². The number of esters is 2. The molecule has 20 nitrogen and oxygen atoms in total. The van der Waals surface area contributed by atoms with Gasteiger partial charge in [-0.05, 0) is 124 Å². The average molecular weight is 1980 g/mol. The molecule has 28 heteroatoms. The van der Waals surface area contributed by atoms with Crippen molar-refractivity contribution in [3.05, 3.63) is 148 Å². The van der Waals surface area contributed by atoms with Crippen LogP contribution in [0.4, 0.5) is 20.4 Å². The van der Waals surface area contributed by atoms with Crippen molar-refractivity contribution in [3.63, 3.8) is 0 Å². The molecule has 2 atom stereocenters. The number of aromatic nitrogens is 8. The van der Waals surface area contributed by atoms with Crippen LogP contribution in [-0.2, 0) is 47.5 Å². The van der Waals surface area contributed by atoms with E-state index in [2.05, 4.69) is 157 Å². The maximum absolute atomic E-state index is 15.3. The fourth-order valence-corrected chi connectivity index (χ4v) is 34.6. The van der Waals surface area contributed by atoms with Crippen LogP contribution in [0.2, 0.25) is 116 Å². The third-order valence-electron chi connectivity index (χ3n) is 23.8. The number of ether oxygens (including phenoxy) is 8. The number of hydrogen-bond donors (Lipinski definition) is 0. The van der Waals surface area contributed by atoms with E-state index in [1.165, 1.54) is 55.6 Å². The zero-order valence-electron chi connectivity index (χ0n) is 79.8. The van der Waals surface area contributed by atoms with Gasteiger partial charge in [-0.25, -0.2) is 28.3 Å². The quantitative estimate of drug-likeness (QED) is 0.0114. The van der Waals surface area contributed by atoms with Crippen LogP contribution in [0.3, 0.4) is 0 Å². The molecular formula is C98H151BrF2N10O10Si4Sn. The molecule has 2 unspecified atom stereocenters. The van der Waals surface area contributed by atoms with E-state index >= 15 is 8.78 Å². The summed E-state index contributed by atoms with van der Waals surface area (Å²) in [6.45, 7) is 56.6. The van der Waals surface area contributed by atoms with Gasteiger partial charge in [0.25, 0.3) is 0 Å². The molecule has 6 heterocycles. The van der Waals surface area contributed by atoms with Gasteiger partial charge in [-0.3, -0.25) is 9.97 Å². The summed E-state index contributed by atoms with van der Waals surface area (Å²) in [6.07, 6.45) is 17.1. The van der Waals surface area contributed by atoms with Crippen molar-refractivity contribution < 1.29 is 56.3 Å². The Bertz CT molecular complexity index is 4570. The minimum atomic E-state index is -2.24. The maximum atomic E-state index is 15.3. The van der Waals surface area contributed by atoms with Gasteiger partial charge in [0, 0.05) is 128 Å². The Morgan fingerprint density at radius 2 is 0.810 bits per heavy atom. The van der Waals surface area contributed by atoms with E-state index in [1.54, 1.807) is 13.8 Å². The number of hydrogen-bond acceptors (Lipinski definition) is 18. The molecule has 0 radical (unpaired) electrons. The standard InChI is InChI=1S/C43H62FN5O5Si2.C39H55BrFN5O4Si2.C4H7O.3C4H9.Sn/c1-10-53-31(3)38-40(34-19-17-33(18-20-34)39(44)43(50)54-11-2)47-41-36(35-21-22-37(45-27-35)32-15-13-12-14-16-32)28-46-49(41)42(38)48(29-51-23-25-55(4,5)6)30-52-24-26-56(7,8)9;1-8-50-39(47)35(41)29-14-16-30(17-15-29)36-34(40)38(45(26-48-20-22-51(2,3)4)27-49-21-23-52(5,6)7)46-37(44-36)32(25-43-46)31-18-19-33(42-24-31)28-12-10-9-11-13-28;1-3-5-4-2;3*1-3-4-2;/h12-16,21-22,27-28,33-34,39H,3,10-11,17-20,23-26,29-30H2,1-2,4-9H3;9-13,18-19,24-25,29-30,35H,8,14-17,20-23,26-27H2,1-7H3;1,4H2,2H3;3*1,3-4H2,2H3;. The molecule has 694 valence electrons. The van der Waals surface area contributed by atoms with E-state index in [1.807, 2.05) is 114 Å². The van der Waals surface area contributed by atoms with Crippen LogP contribution in [-0.4, -0.2) is 194 Å². The normalized spacial score (nSPS) is 16.3. The molecular weight excluding hydrogens is 1830 g/mol. The van der Waals surface area contributed by atoms with Crippen molar-refractivity contribution in [1.82, 2.24) is 39.2 Å². The number of anilines is 2. The molecule has 6 aromatic heterocycles. The van der Waals surface area contributed by atoms with Crippen molar-refractivity contribution in [3.8, 4) is 44.8 Å². The fraction of sp³-hybridized carbons (Fsp3) is 0.592. The Morgan fingerprint density at radius 1 is 0.460 bits per heavy atom. The van der Waals surface area contributed by atoms with Gasteiger partial charge in [-0.15, -0.1) is 0 Å². The number of fused-ring (bicyclic) bond motifs is 2. The maximum Gasteiger partial charge on any atom is 0.341 e.